The molecule has 3 aromatic rings. The standard InChI is InChI=1S/C20H17F2N5O5S/c1-23-33(29,30)26-18-17(22)13(6-8-24-18)11-27-10-12-4-5-14(9-16(12)32-20(27)28)31-19-15(21)3-2-7-25-19/h2-9,23H,10-11H2,1H3,(H,24,26). The maximum absolute atomic E-state index is 14.8. The monoisotopic (exact) mass is 477 g/mol. The lowest BCUT2D eigenvalue weighted by Gasteiger charge is -2.28. The van der Waals surface area contributed by atoms with Gasteiger partial charge >= 0.3 is 6.09 Å². The van der Waals surface area contributed by atoms with E-state index in [2.05, 4.69) is 9.97 Å². The third kappa shape index (κ3) is 4.99. The van der Waals surface area contributed by atoms with Gasteiger partial charge in [-0.2, -0.15) is 8.42 Å². The number of nitrogens with zero attached hydrogens (tertiary/aromatic N) is 3. The molecule has 3 heterocycles. The van der Waals surface area contributed by atoms with Gasteiger partial charge in [-0.25, -0.2) is 28.3 Å². The van der Waals surface area contributed by atoms with E-state index in [0.29, 0.717) is 5.56 Å². The summed E-state index contributed by atoms with van der Waals surface area (Å²) in [6.07, 6.45) is 1.84. The lowest BCUT2D eigenvalue weighted by atomic mass is 10.1. The minimum absolute atomic E-state index is 0.0322. The van der Waals surface area contributed by atoms with Gasteiger partial charge < -0.3 is 9.47 Å². The number of anilines is 1. The van der Waals surface area contributed by atoms with Crippen molar-refractivity contribution in [3.05, 3.63) is 71.6 Å². The van der Waals surface area contributed by atoms with Crippen molar-refractivity contribution < 1.29 is 31.5 Å². The summed E-state index contributed by atoms with van der Waals surface area (Å²) in [6, 6.07) is 8.56. The van der Waals surface area contributed by atoms with E-state index in [-0.39, 0.29) is 36.0 Å². The van der Waals surface area contributed by atoms with Gasteiger partial charge in [-0.15, -0.1) is 0 Å². The van der Waals surface area contributed by atoms with Gasteiger partial charge in [0.2, 0.25) is 0 Å². The van der Waals surface area contributed by atoms with Crippen molar-refractivity contribution in [2.45, 2.75) is 13.1 Å². The Morgan fingerprint density at radius 3 is 2.76 bits per heavy atom. The number of hydrogen-bond acceptors (Lipinski definition) is 7. The minimum atomic E-state index is -3.97. The number of halogens is 2. The Bertz CT molecular complexity index is 1320. The highest BCUT2D eigenvalue weighted by atomic mass is 32.2. The molecule has 33 heavy (non-hydrogen) atoms. The van der Waals surface area contributed by atoms with Gasteiger partial charge in [0.05, 0.1) is 13.1 Å². The molecule has 10 nitrogen and oxygen atoms in total. The Labute approximate surface area is 187 Å². The zero-order chi connectivity index (χ0) is 23.6. The second kappa shape index (κ2) is 8.96. The zero-order valence-corrected chi connectivity index (χ0v) is 17.9. The third-order valence-electron chi connectivity index (χ3n) is 4.62. The number of carbonyl (C=O) groups is 1. The average molecular weight is 477 g/mol. The first-order valence-electron chi connectivity index (χ1n) is 9.48. The molecule has 2 aromatic heterocycles. The van der Waals surface area contributed by atoms with Crippen molar-refractivity contribution >= 4 is 22.1 Å². The maximum atomic E-state index is 14.8. The fourth-order valence-corrected chi connectivity index (χ4v) is 3.49. The van der Waals surface area contributed by atoms with Crippen LogP contribution in [0.1, 0.15) is 11.1 Å². The van der Waals surface area contributed by atoms with Crippen LogP contribution >= 0.6 is 0 Å². The van der Waals surface area contributed by atoms with Crippen LogP contribution in [-0.2, 0) is 23.3 Å². The molecule has 1 aliphatic rings. The fourth-order valence-electron chi connectivity index (χ4n) is 2.99. The van der Waals surface area contributed by atoms with Crippen LogP contribution in [-0.4, -0.2) is 36.4 Å². The minimum Gasteiger partial charge on any atom is -0.436 e. The molecule has 1 amide bonds. The highest BCUT2D eigenvalue weighted by Crippen LogP contribution is 2.33. The van der Waals surface area contributed by atoms with Crippen LogP contribution < -0.4 is 18.9 Å². The van der Waals surface area contributed by atoms with Crippen LogP contribution in [0, 0.1) is 11.6 Å². The Kier molecular flexibility index (Phi) is 6.07. The van der Waals surface area contributed by atoms with E-state index in [1.165, 1.54) is 41.6 Å². The van der Waals surface area contributed by atoms with E-state index < -0.39 is 33.8 Å². The molecular weight excluding hydrogens is 460 g/mol. The summed E-state index contributed by atoms with van der Waals surface area (Å²) in [5.41, 5.74) is 0.638. The van der Waals surface area contributed by atoms with Crippen molar-refractivity contribution in [3.8, 4) is 17.4 Å². The Morgan fingerprint density at radius 2 is 2.00 bits per heavy atom. The molecule has 0 atom stereocenters. The van der Waals surface area contributed by atoms with E-state index in [0.717, 1.165) is 7.05 Å². The average Bonchev–Trinajstić information content (AvgIpc) is 2.78. The molecule has 172 valence electrons. The van der Waals surface area contributed by atoms with Gasteiger partial charge in [-0.3, -0.25) is 9.62 Å². The van der Waals surface area contributed by atoms with Gasteiger partial charge in [0.15, 0.2) is 17.5 Å². The molecule has 1 aliphatic heterocycles. The zero-order valence-electron chi connectivity index (χ0n) is 17.1. The number of amides is 1. The smallest absolute Gasteiger partial charge is 0.415 e. The molecule has 4 rings (SSSR count). The largest absolute Gasteiger partial charge is 0.436 e. The first kappa shape index (κ1) is 22.4. The van der Waals surface area contributed by atoms with Crippen LogP contribution in [0.3, 0.4) is 0 Å². The SMILES string of the molecule is CNS(=O)(=O)Nc1nccc(CN2Cc3ccc(Oc4ncccc4F)cc3OC2=O)c1F. The molecule has 2 N–H and O–H groups in total. The van der Waals surface area contributed by atoms with Crippen molar-refractivity contribution in [2.24, 2.45) is 0 Å². The molecule has 1 aromatic carbocycles. The van der Waals surface area contributed by atoms with Crippen LogP contribution in [0.5, 0.6) is 17.4 Å². The predicted molar refractivity (Wildman–Crippen MR) is 112 cm³/mol. The summed E-state index contributed by atoms with van der Waals surface area (Å²) in [6.45, 7) is -0.107. The predicted octanol–water partition coefficient (Wildman–Crippen LogP) is 2.94. The lowest BCUT2D eigenvalue weighted by molar-refractivity contribution is 0.134. The van der Waals surface area contributed by atoms with E-state index in [1.54, 1.807) is 12.1 Å². The van der Waals surface area contributed by atoms with Gasteiger partial charge in [-0.05, 0) is 30.3 Å². The number of fused-ring (bicyclic) bond motifs is 1. The van der Waals surface area contributed by atoms with Crippen molar-refractivity contribution in [3.63, 3.8) is 0 Å². The number of aromatic nitrogens is 2. The molecule has 0 bridgehead atoms. The first-order chi connectivity index (χ1) is 15.8. The number of ether oxygens (including phenoxy) is 2. The van der Waals surface area contributed by atoms with Gasteiger partial charge in [-0.1, -0.05) is 0 Å². The summed E-state index contributed by atoms with van der Waals surface area (Å²) in [5, 5.41) is 0. The number of hydrogen-bond donors (Lipinski definition) is 2. The fraction of sp³-hybridized carbons (Fsp3) is 0.150. The highest BCUT2D eigenvalue weighted by Gasteiger charge is 2.27. The molecular formula is C20H17F2N5O5S. The van der Waals surface area contributed by atoms with E-state index >= 15 is 0 Å². The molecule has 13 heteroatoms. The van der Waals surface area contributed by atoms with E-state index in [9.17, 15) is 22.0 Å². The molecule has 0 aliphatic carbocycles. The Hall–Kier alpha value is -3.84. The molecule has 0 saturated heterocycles. The molecule has 0 spiro atoms. The molecule has 0 unspecified atom stereocenters. The van der Waals surface area contributed by atoms with E-state index in [1.807, 2.05) is 9.44 Å². The van der Waals surface area contributed by atoms with Gasteiger partial charge in [0.25, 0.3) is 16.1 Å². The van der Waals surface area contributed by atoms with Crippen molar-refractivity contribution in [2.75, 3.05) is 11.8 Å². The summed E-state index contributed by atoms with van der Waals surface area (Å²) in [7, 11) is -2.81. The van der Waals surface area contributed by atoms with Crippen LogP contribution in [0.25, 0.3) is 0 Å². The quantitative estimate of drug-likeness (QED) is 0.536. The summed E-state index contributed by atoms with van der Waals surface area (Å²) in [5.74, 6) is -1.86. The topological polar surface area (TPSA) is 123 Å². The number of pyridine rings is 2. The first-order valence-corrected chi connectivity index (χ1v) is 11.0. The number of benzene rings is 1. The number of carbonyl (C=O) groups excluding carboxylic acids is 1. The highest BCUT2D eigenvalue weighted by molar-refractivity contribution is 7.90. The van der Waals surface area contributed by atoms with Gasteiger partial charge in [0, 0.05) is 36.6 Å². The Morgan fingerprint density at radius 1 is 1.18 bits per heavy atom. The third-order valence-corrected chi connectivity index (χ3v) is 5.62. The second-order valence-corrected chi connectivity index (χ2v) is 8.45. The van der Waals surface area contributed by atoms with Crippen LogP contribution in [0.4, 0.5) is 19.4 Å². The van der Waals surface area contributed by atoms with Crippen LogP contribution in [0.2, 0.25) is 0 Å². The second-order valence-electron chi connectivity index (χ2n) is 6.83. The van der Waals surface area contributed by atoms with Crippen molar-refractivity contribution in [1.29, 1.82) is 0 Å². The normalized spacial score (nSPS) is 13.3. The molecule has 0 saturated carbocycles. The number of nitrogens with one attached hydrogen (secondary N) is 2. The van der Waals surface area contributed by atoms with E-state index in [4.69, 9.17) is 9.47 Å². The van der Waals surface area contributed by atoms with Crippen LogP contribution in [0.15, 0.2) is 48.8 Å². The summed E-state index contributed by atoms with van der Waals surface area (Å²) < 4.78 is 66.4. The van der Waals surface area contributed by atoms with Crippen molar-refractivity contribution in [1.82, 2.24) is 19.6 Å². The summed E-state index contributed by atoms with van der Waals surface area (Å²) in [4.78, 5) is 21.2. The Balaban J connectivity index is 1.51. The maximum Gasteiger partial charge on any atom is 0.415 e. The molecule has 0 radical (unpaired) electrons. The van der Waals surface area contributed by atoms with Gasteiger partial charge in [0.1, 0.15) is 11.5 Å². The summed E-state index contributed by atoms with van der Waals surface area (Å²) >= 11 is 0. The lowest BCUT2D eigenvalue weighted by Crippen LogP contribution is -2.36. The molecule has 0 fully saturated rings. The number of rotatable bonds is 7.